The summed E-state index contributed by atoms with van der Waals surface area (Å²) in [6, 6.07) is 25.9. The van der Waals surface area contributed by atoms with Crippen molar-refractivity contribution in [3.8, 4) is 16.9 Å². The smallest absolute Gasteiger partial charge is 0.184 e. The highest BCUT2D eigenvalue weighted by molar-refractivity contribution is 6.30. The monoisotopic (exact) mass is 366 g/mol. The van der Waals surface area contributed by atoms with E-state index in [1.54, 1.807) is 12.1 Å². The van der Waals surface area contributed by atoms with Gasteiger partial charge in [-0.1, -0.05) is 66.2 Å². The lowest BCUT2D eigenvalue weighted by Gasteiger charge is -2.13. The molecule has 26 heavy (non-hydrogen) atoms. The number of ether oxygens (including phenoxy) is 3. The quantitative estimate of drug-likeness (QED) is 0.596. The van der Waals surface area contributed by atoms with Gasteiger partial charge < -0.3 is 14.2 Å². The summed E-state index contributed by atoms with van der Waals surface area (Å²) in [6.45, 7) is 0.957. The van der Waals surface area contributed by atoms with Crippen LogP contribution < -0.4 is 4.74 Å². The van der Waals surface area contributed by atoms with Gasteiger partial charge in [0.05, 0.1) is 6.61 Å². The Morgan fingerprint density at radius 3 is 2.27 bits per heavy atom. The number of hydrogen-bond acceptors (Lipinski definition) is 3. The van der Waals surface area contributed by atoms with Crippen LogP contribution in [-0.2, 0) is 9.47 Å². The summed E-state index contributed by atoms with van der Waals surface area (Å²) in [5.74, 6) is 0.772. The lowest BCUT2D eigenvalue weighted by molar-refractivity contribution is -0.0659. The third-order valence-corrected chi connectivity index (χ3v) is 4.54. The van der Waals surface area contributed by atoms with E-state index in [2.05, 4.69) is 36.4 Å². The van der Waals surface area contributed by atoms with Crippen molar-refractivity contribution in [1.29, 1.82) is 0 Å². The second-order valence-electron chi connectivity index (χ2n) is 6.18. The zero-order chi connectivity index (χ0) is 17.8. The van der Waals surface area contributed by atoms with Crippen LogP contribution in [0.15, 0.2) is 78.9 Å². The molecule has 1 heterocycles. The highest BCUT2D eigenvalue weighted by Crippen LogP contribution is 2.29. The van der Waals surface area contributed by atoms with Crippen LogP contribution in [0.2, 0.25) is 5.02 Å². The topological polar surface area (TPSA) is 27.7 Å². The van der Waals surface area contributed by atoms with Gasteiger partial charge in [0.1, 0.15) is 18.5 Å². The Morgan fingerprint density at radius 1 is 0.846 bits per heavy atom. The zero-order valence-corrected chi connectivity index (χ0v) is 14.9. The molecule has 1 aliphatic heterocycles. The molecular formula is C22H19ClO3. The summed E-state index contributed by atoms with van der Waals surface area (Å²) >= 11 is 5.88. The normalized spacial score (nSPS) is 19.4. The predicted octanol–water partition coefficient (Wildman–Crippen LogP) is 5.50. The van der Waals surface area contributed by atoms with Crippen LogP contribution in [0.5, 0.6) is 5.75 Å². The molecule has 1 saturated heterocycles. The van der Waals surface area contributed by atoms with E-state index in [-0.39, 0.29) is 12.4 Å². The van der Waals surface area contributed by atoms with Crippen LogP contribution in [-0.4, -0.2) is 19.3 Å². The molecule has 0 unspecified atom stereocenters. The van der Waals surface area contributed by atoms with Crippen LogP contribution in [0.25, 0.3) is 11.1 Å². The summed E-state index contributed by atoms with van der Waals surface area (Å²) < 4.78 is 17.5. The van der Waals surface area contributed by atoms with Crippen LogP contribution in [0.4, 0.5) is 0 Å². The van der Waals surface area contributed by atoms with Gasteiger partial charge in [0.15, 0.2) is 6.29 Å². The molecule has 4 rings (SSSR count). The van der Waals surface area contributed by atoms with Crippen molar-refractivity contribution in [1.82, 2.24) is 0 Å². The second kappa shape index (κ2) is 7.92. The van der Waals surface area contributed by atoms with Gasteiger partial charge in [-0.25, -0.2) is 0 Å². The Labute approximate surface area is 158 Å². The molecule has 4 heteroatoms. The van der Waals surface area contributed by atoms with Crippen molar-refractivity contribution < 1.29 is 14.2 Å². The fraction of sp³-hybridized carbons (Fsp3) is 0.182. The number of rotatable bonds is 5. The lowest BCUT2D eigenvalue weighted by Crippen LogP contribution is -2.19. The van der Waals surface area contributed by atoms with E-state index >= 15 is 0 Å². The van der Waals surface area contributed by atoms with Crippen LogP contribution in [0.1, 0.15) is 11.9 Å². The van der Waals surface area contributed by atoms with Crippen molar-refractivity contribution in [2.45, 2.75) is 12.4 Å². The molecule has 0 saturated carbocycles. The molecule has 0 bridgehead atoms. The van der Waals surface area contributed by atoms with Crippen molar-refractivity contribution in [2.75, 3.05) is 13.2 Å². The summed E-state index contributed by atoms with van der Waals surface area (Å²) in [7, 11) is 0. The maximum Gasteiger partial charge on any atom is 0.184 e. The van der Waals surface area contributed by atoms with Crippen molar-refractivity contribution in [3.63, 3.8) is 0 Å². The molecule has 0 N–H and O–H groups in total. The van der Waals surface area contributed by atoms with Gasteiger partial charge in [0.2, 0.25) is 0 Å². The summed E-state index contributed by atoms with van der Waals surface area (Å²) in [5, 5.41) is 0.691. The molecule has 0 radical (unpaired) electrons. The van der Waals surface area contributed by atoms with Gasteiger partial charge >= 0.3 is 0 Å². The van der Waals surface area contributed by atoms with E-state index in [4.69, 9.17) is 25.8 Å². The molecule has 3 aromatic rings. The zero-order valence-electron chi connectivity index (χ0n) is 14.2. The highest BCUT2D eigenvalue weighted by atomic mass is 35.5. The van der Waals surface area contributed by atoms with Gasteiger partial charge in [0.25, 0.3) is 0 Å². The minimum Gasteiger partial charge on any atom is -0.491 e. The van der Waals surface area contributed by atoms with Crippen molar-refractivity contribution in [2.24, 2.45) is 0 Å². The van der Waals surface area contributed by atoms with Crippen LogP contribution in [0, 0.1) is 0 Å². The van der Waals surface area contributed by atoms with Gasteiger partial charge in [-0.3, -0.25) is 0 Å². The van der Waals surface area contributed by atoms with E-state index in [9.17, 15) is 0 Å². The van der Waals surface area contributed by atoms with Crippen LogP contribution in [0.3, 0.4) is 0 Å². The Balaban J connectivity index is 1.34. The second-order valence-corrected chi connectivity index (χ2v) is 6.61. The number of benzene rings is 3. The molecule has 0 aromatic heterocycles. The summed E-state index contributed by atoms with van der Waals surface area (Å²) in [6.07, 6.45) is -0.442. The minimum absolute atomic E-state index is 0.0931. The van der Waals surface area contributed by atoms with Crippen molar-refractivity contribution >= 4 is 11.6 Å². The Bertz CT molecular complexity index is 832. The molecular weight excluding hydrogens is 348 g/mol. The molecule has 1 fully saturated rings. The van der Waals surface area contributed by atoms with Crippen LogP contribution >= 0.6 is 11.6 Å². The van der Waals surface area contributed by atoms with Gasteiger partial charge in [-0.2, -0.15) is 0 Å². The average Bonchev–Trinajstić information content (AvgIpc) is 3.17. The first-order valence-electron chi connectivity index (χ1n) is 8.59. The maximum absolute atomic E-state index is 5.97. The maximum atomic E-state index is 5.97. The average molecular weight is 367 g/mol. The first kappa shape index (κ1) is 17.1. The van der Waals surface area contributed by atoms with E-state index in [1.165, 1.54) is 11.1 Å². The van der Waals surface area contributed by atoms with E-state index < -0.39 is 0 Å². The third-order valence-electron chi connectivity index (χ3n) is 4.29. The summed E-state index contributed by atoms with van der Waals surface area (Å²) in [5.41, 5.74) is 3.38. The van der Waals surface area contributed by atoms with E-state index in [0.29, 0.717) is 18.2 Å². The van der Waals surface area contributed by atoms with Crippen molar-refractivity contribution in [3.05, 3.63) is 89.4 Å². The molecule has 0 spiro atoms. The standard InChI is InChI=1S/C22H19ClO3/c23-19-10-12-20(13-11-19)24-14-21-15-25-22(26-21)18-8-6-17(7-9-18)16-4-2-1-3-5-16/h1-13,21-22H,14-15H2/t21-,22+/m0/s1. The number of hydrogen-bond donors (Lipinski definition) is 0. The fourth-order valence-electron chi connectivity index (χ4n) is 2.89. The van der Waals surface area contributed by atoms with Gasteiger partial charge in [-0.05, 0) is 35.4 Å². The largest absolute Gasteiger partial charge is 0.491 e. The summed E-state index contributed by atoms with van der Waals surface area (Å²) in [4.78, 5) is 0. The Kier molecular flexibility index (Phi) is 5.21. The fourth-order valence-corrected chi connectivity index (χ4v) is 3.02. The molecule has 0 aliphatic carbocycles. The van der Waals surface area contributed by atoms with Gasteiger partial charge in [-0.15, -0.1) is 0 Å². The molecule has 0 amide bonds. The lowest BCUT2D eigenvalue weighted by atomic mass is 10.0. The Morgan fingerprint density at radius 2 is 1.54 bits per heavy atom. The molecule has 1 aliphatic rings. The Hall–Kier alpha value is -2.33. The third kappa shape index (κ3) is 4.07. The minimum atomic E-state index is -0.348. The van der Waals surface area contributed by atoms with E-state index in [1.807, 2.05) is 30.3 Å². The predicted molar refractivity (Wildman–Crippen MR) is 102 cm³/mol. The molecule has 2 atom stereocenters. The molecule has 3 aromatic carbocycles. The first-order valence-corrected chi connectivity index (χ1v) is 8.96. The van der Waals surface area contributed by atoms with Gasteiger partial charge in [0, 0.05) is 10.6 Å². The SMILES string of the molecule is Clc1ccc(OC[C@H]2CO[C@@H](c3ccc(-c4ccccc4)cc3)O2)cc1. The highest BCUT2D eigenvalue weighted by Gasteiger charge is 2.27. The van der Waals surface area contributed by atoms with E-state index in [0.717, 1.165) is 11.3 Å². The number of halogens is 1. The molecule has 132 valence electrons. The first-order chi connectivity index (χ1) is 12.8. The molecule has 3 nitrogen and oxygen atoms in total.